The van der Waals surface area contributed by atoms with Crippen molar-refractivity contribution in [3.05, 3.63) is 53.1 Å². The van der Waals surface area contributed by atoms with Gasteiger partial charge in [0, 0.05) is 23.9 Å². The Labute approximate surface area is 165 Å². The molecule has 0 fully saturated rings. The SMILES string of the molecule is COc1cc2ncnc(Nc3cccc(Cl)c3F)c2cc1CC(N)CC(N)=O. The van der Waals surface area contributed by atoms with Crippen molar-refractivity contribution >= 4 is 39.9 Å². The third kappa shape index (κ3) is 4.29. The van der Waals surface area contributed by atoms with E-state index in [1.54, 1.807) is 24.3 Å². The van der Waals surface area contributed by atoms with E-state index in [1.807, 2.05) is 0 Å². The van der Waals surface area contributed by atoms with Gasteiger partial charge in [-0.25, -0.2) is 14.4 Å². The van der Waals surface area contributed by atoms with Gasteiger partial charge in [-0.1, -0.05) is 17.7 Å². The summed E-state index contributed by atoms with van der Waals surface area (Å²) in [7, 11) is 1.53. The summed E-state index contributed by atoms with van der Waals surface area (Å²) in [6, 6.07) is 7.73. The largest absolute Gasteiger partial charge is 0.496 e. The molecule has 0 bridgehead atoms. The summed E-state index contributed by atoms with van der Waals surface area (Å²) in [5, 5.41) is 3.59. The molecular formula is C19H19ClFN5O2. The zero-order valence-corrected chi connectivity index (χ0v) is 15.8. The van der Waals surface area contributed by atoms with E-state index >= 15 is 0 Å². The number of halogens is 2. The predicted octanol–water partition coefficient (Wildman–Crippen LogP) is 2.92. The molecule has 5 N–H and O–H groups in total. The van der Waals surface area contributed by atoms with Gasteiger partial charge in [0.05, 0.1) is 23.3 Å². The Kier molecular flexibility index (Phi) is 5.91. The highest BCUT2D eigenvalue weighted by atomic mass is 35.5. The van der Waals surface area contributed by atoms with Gasteiger partial charge in [-0.2, -0.15) is 0 Å². The number of nitrogens with zero attached hydrogens (tertiary/aromatic N) is 2. The highest BCUT2D eigenvalue weighted by Crippen LogP contribution is 2.32. The molecule has 28 heavy (non-hydrogen) atoms. The van der Waals surface area contributed by atoms with Crippen LogP contribution >= 0.6 is 11.6 Å². The fourth-order valence-corrected chi connectivity index (χ4v) is 3.09. The average molecular weight is 404 g/mol. The highest BCUT2D eigenvalue weighted by molar-refractivity contribution is 6.31. The molecule has 0 saturated carbocycles. The van der Waals surface area contributed by atoms with Crippen LogP contribution in [0.4, 0.5) is 15.9 Å². The number of rotatable bonds is 7. The number of aromatic nitrogens is 2. The number of ether oxygens (including phenoxy) is 1. The van der Waals surface area contributed by atoms with Crippen LogP contribution in [0, 0.1) is 5.82 Å². The third-order valence-corrected chi connectivity index (χ3v) is 4.48. The van der Waals surface area contributed by atoms with Crippen LogP contribution in [-0.4, -0.2) is 29.0 Å². The average Bonchev–Trinajstić information content (AvgIpc) is 2.64. The number of benzene rings is 2. The number of nitrogens with one attached hydrogen (secondary N) is 1. The van der Waals surface area contributed by atoms with E-state index in [9.17, 15) is 9.18 Å². The minimum absolute atomic E-state index is 0.00291. The van der Waals surface area contributed by atoms with E-state index in [2.05, 4.69) is 15.3 Å². The standard InChI is InChI=1S/C19H19ClFN5O2/c1-28-16-8-15-12(6-10(16)5-11(22)7-17(23)27)19(25-9-24-15)26-14-4-2-3-13(20)18(14)21/h2-4,6,8-9,11H,5,7,22H2,1H3,(H2,23,27)(H,24,25,26). The van der Waals surface area contributed by atoms with Crippen molar-refractivity contribution in [2.45, 2.75) is 18.9 Å². The molecule has 7 nitrogen and oxygen atoms in total. The second kappa shape index (κ2) is 8.37. The summed E-state index contributed by atoms with van der Waals surface area (Å²) in [6.45, 7) is 0. The molecular weight excluding hydrogens is 385 g/mol. The van der Waals surface area contributed by atoms with Crippen molar-refractivity contribution in [1.29, 1.82) is 0 Å². The first-order chi connectivity index (χ1) is 13.4. The van der Waals surface area contributed by atoms with Gasteiger partial charge in [-0.15, -0.1) is 0 Å². The summed E-state index contributed by atoms with van der Waals surface area (Å²) in [6.07, 6.45) is 1.78. The van der Waals surface area contributed by atoms with Crippen molar-refractivity contribution in [1.82, 2.24) is 9.97 Å². The molecule has 9 heteroatoms. The van der Waals surface area contributed by atoms with Gasteiger partial charge in [0.2, 0.25) is 5.91 Å². The van der Waals surface area contributed by atoms with E-state index < -0.39 is 17.8 Å². The molecule has 0 aliphatic carbocycles. The Balaban J connectivity index is 2.03. The fraction of sp³-hybridized carbons (Fsp3) is 0.211. The number of carbonyl (C=O) groups excluding carboxylic acids is 1. The summed E-state index contributed by atoms with van der Waals surface area (Å²) >= 11 is 5.85. The van der Waals surface area contributed by atoms with Gasteiger partial charge >= 0.3 is 0 Å². The van der Waals surface area contributed by atoms with E-state index in [0.717, 1.165) is 5.56 Å². The molecule has 0 radical (unpaired) electrons. The number of fused-ring (bicyclic) bond motifs is 1. The number of amides is 1. The minimum atomic E-state index is -0.576. The lowest BCUT2D eigenvalue weighted by atomic mass is 10.0. The summed E-state index contributed by atoms with van der Waals surface area (Å²) in [4.78, 5) is 19.6. The number of methoxy groups -OCH3 is 1. The molecule has 3 aromatic rings. The lowest BCUT2D eigenvalue weighted by Gasteiger charge is -2.15. The van der Waals surface area contributed by atoms with Gasteiger partial charge in [0.25, 0.3) is 0 Å². The van der Waals surface area contributed by atoms with E-state index in [4.69, 9.17) is 27.8 Å². The van der Waals surface area contributed by atoms with Crippen LogP contribution in [0.25, 0.3) is 10.9 Å². The van der Waals surface area contributed by atoms with Crippen molar-refractivity contribution in [2.24, 2.45) is 11.5 Å². The van der Waals surface area contributed by atoms with Crippen molar-refractivity contribution in [2.75, 3.05) is 12.4 Å². The van der Waals surface area contributed by atoms with E-state index in [1.165, 1.54) is 19.5 Å². The van der Waals surface area contributed by atoms with Crippen LogP contribution in [0.3, 0.4) is 0 Å². The zero-order chi connectivity index (χ0) is 20.3. The second-order valence-electron chi connectivity index (χ2n) is 6.26. The Hall–Kier alpha value is -2.97. The molecule has 1 aromatic heterocycles. The van der Waals surface area contributed by atoms with Gasteiger partial charge in [-0.3, -0.25) is 4.79 Å². The number of hydrogen-bond donors (Lipinski definition) is 3. The molecule has 1 unspecified atom stereocenters. The van der Waals surface area contributed by atoms with Crippen molar-refractivity contribution < 1.29 is 13.9 Å². The van der Waals surface area contributed by atoms with Gasteiger partial charge in [-0.05, 0) is 30.2 Å². The zero-order valence-electron chi connectivity index (χ0n) is 15.1. The summed E-state index contributed by atoms with van der Waals surface area (Å²) in [5.41, 5.74) is 12.8. The Morgan fingerprint density at radius 2 is 2.14 bits per heavy atom. The monoisotopic (exact) mass is 403 g/mol. The molecule has 0 saturated heterocycles. The summed E-state index contributed by atoms with van der Waals surface area (Å²) in [5.74, 6) is -0.0768. The quantitative estimate of drug-likeness (QED) is 0.558. The normalized spacial score (nSPS) is 12.0. The molecule has 1 heterocycles. The maximum Gasteiger partial charge on any atom is 0.218 e. The first kappa shape index (κ1) is 19.8. The lowest BCUT2D eigenvalue weighted by molar-refractivity contribution is -0.118. The molecule has 1 amide bonds. The van der Waals surface area contributed by atoms with Crippen LogP contribution in [0.2, 0.25) is 5.02 Å². The van der Waals surface area contributed by atoms with Crippen LogP contribution < -0.4 is 21.5 Å². The topological polar surface area (TPSA) is 116 Å². The van der Waals surface area contributed by atoms with Crippen LogP contribution in [0.15, 0.2) is 36.7 Å². The molecule has 146 valence electrons. The maximum atomic E-state index is 14.3. The van der Waals surface area contributed by atoms with Crippen LogP contribution in [0.1, 0.15) is 12.0 Å². The number of nitrogens with two attached hydrogens (primary N) is 2. The fourth-order valence-electron chi connectivity index (χ4n) is 2.92. The Morgan fingerprint density at radius 3 is 2.86 bits per heavy atom. The Morgan fingerprint density at radius 1 is 1.36 bits per heavy atom. The van der Waals surface area contributed by atoms with Gasteiger partial charge in [0.15, 0.2) is 5.82 Å². The molecule has 0 spiro atoms. The lowest BCUT2D eigenvalue weighted by Crippen LogP contribution is -2.29. The van der Waals surface area contributed by atoms with Gasteiger partial charge < -0.3 is 21.5 Å². The van der Waals surface area contributed by atoms with E-state index in [0.29, 0.717) is 28.9 Å². The predicted molar refractivity (Wildman–Crippen MR) is 106 cm³/mol. The highest BCUT2D eigenvalue weighted by Gasteiger charge is 2.16. The van der Waals surface area contributed by atoms with E-state index in [-0.39, 0.29) is 17.1 Å². The van der Waals surface area contributed by atoms with Crippen molar-refractivity contribution in [3.8, 4) is 5.75 Å². The number of primary amides is 1. The first-order valence-corrected chi connectivity index (χ1v) is 8.83. The molecule has 0 aliphatic rings. The minimum Gasteiger partial charge on any atom is -0.496 e. The number of carbonyl (C=O) groups is 1. The molecule has 1 atom stereocenters. The third-order valence-electron chi connectivity index (χ3n) is 4.19. The van der Waals surface area contributed by atoms with Gasteiger partial charge in [0.1, 0.15) is 17.9 Å². The maximum absolute atomic E-state index is 14.3. The first-order valence-electron chi connectivity index (χ1n) is 8.45. The number of anilines is 2. The smallest absolute Gasteiger partial charge is 0.218 e. The molecule has 3 rings (SSSR count). The van der Waals surface area contributed by atoms with Crippen molar-refractivity contribution in [3.63, 3.8) is 0 Å². The molecule has 0 aliphatic heterocycles. The molecule has 2 aromatic carbocycles. The van der Waals surface area contributed by atoms with Crippen LogP contribution in [-0.2, 0) is 11.2 Å². The summed E-state index contributed by atoms with van der Waals surface area (Å²) < 4.78 is 19.7. The Bertz CT molecular complexity index is 1030. The van der Waals surface area contributed by atoms with Crippen LogP contribution in [0.5, 0.6) is 5.75 Å². The number of hydrogen-bond acceptors (Lipinski definition) is 6. The second-order valence-corrected chi connectivity index (χ2v) is 6.67.